The summed E-state index contributed by atoms with van der Waals surface area (Å²) in [5.41, 5.74) is 11.4. The van der Waals surface area contributed by atoms with Gasteiger partial charge in [-0.2, -0.15) is 0 Å². The van der Waals surface area contributed by atoms with Crippen LogP contribution in [0, 0.1) is 0 Å². The van der Waals surface area contributed by atoms with Crippen molar-refractivity contribution in [3.05, 3.63) is 182 Å². The average Bonchev–Trinajstić information content (AvgIpc) is 3.96. The Morgan fingerprint density at radius 3 is 1.68 bits per heavy atom. The van der Waals surface area contributed by atoms with Crippen LogP contribution in [-0.2, 0) is 0 Å². The summed E-state index contributed by atoms with van der Waals surface area (Å²) in [6.07, 6.45) is 0. The quantitative estimate of drug-likeness (QED) is 0.176. The number of furan rings is 2. The molecule has 4 heterocycles. The topological polar surface area (TPSA) is 69.9 Å². The highest BCUT2D eigenvalue weighted by atomic mass is 16.3. The lowest BCUT2D eigenvalue weighted by molar-refractivity contribution is 0.669. The van der Waals surface area contributed by atoms with Crippen molar-refractivity contribution in [3.8, 4) is 51.0 Å². The first-order valence-corrected chi connectivity index (χ1v) is 19.0. The molecule has 0 radical (unpaired) electrons. The molecule has 0 saturated carbocycles. The summed E-state index contributed by atoms with van der Waals surface area (Å²) < 4.78 is 15.7. The minimum Gasteiger partial charge on any atom is -0.456 e. The van der Waals surface area contributed by atoms with Crippen LogP contribution in [0.15, 0.2) is 191 Å². The smallest absolute Gasteiger partial charge is 0.167 e. The molecule has 0 N–H and O–H groups in total. The highest BCUT2D eigenvalue weighted by Gasteiger charge is 2.22. The van der Waals surface area contributed by atoms with E-state index in [1.807, 2.05) is 78.9 Å². The predicted octanol–water partition coefficient (Wildman–Crippen LogP) is 13.4. The zero-order valence-corrected chi connectivity index (χ0v) is 30.4. The van der Waals surface area contributed by atoms with Crippen LogP contribution in [0.25, 0.3) is 117 Å². The number of rotatable bonds is 5. The van der Waals surface area contributed by atoms with Crippen molar-refractivity contribution in [2.45, 2.75) is 0 Å². The van der Waals surface area contributed by atoms with Crippen LogP contribution < -0.4 is 0 Å². The first-order valence-electron chi connectivity index (χ1n) is 19.0. The molecule has 6 nitrogen and oxygen atoms in total. The van der Waals surface area contributed by atoms with Crippen LogP contribution >= 0.6 is 0 Å². The number of nitrogens with zero attached hydrogens (tertiary/aromatic N) is 4. The number of fused-ring (bicyclic) bond motifs is 10. The van der Waals surface area contributed by atoms with Gasteiger partial charge in [-0.05, 0) is 54.1 Å². The van der Waals surface area contributed by atoms with E-state index in [4.69, 9.17) is 23.8 Å². The summed E-state index contributed by atoms with van der Waals surface area (Å²) in [6.45, 7) is 0. The van der Waals surface area contributed by atoms with Gasteiger partial charge in [-0.15, -0.1) is 0 Å². The SMILES string of the molecule is c1ccc(-c2nc(-c3ccccc3)nc(-c3cccc4c3oc3c(-c5ccc6c(c5)c5ccc7oc8ccccc8c7c5n6-c5ccccc5)cccc34)n2)cc1. The monoisotopic (exact) mass is 730 g/mol. The van der Waals surface area contributed by atoms with Crippen LogP contribution in [0.1, 0.15) is 0 Å². The lowest BCUT2D eigenvalue weighted by Crippen LogP contribution is -2.00. The van der Waals surface area contributed by atoms with Crippen molar-refractivity contribution in [1.29, 1.82) is 0 Å². The Bertz CT molecular complexity index is 3450. The Kier molecular flexibility index (Phi) is 6.83. The van der Waals surface area contributed by atoms with E-state index in [2.05, 4.69) is 108 Å². The fourth-order valence-electron chi connectivity index (χ4n) is 8.48. The Labute approximate surface area is 325 Å². The van der Waals surface area contributed by atoms with Gasteiger partial charge in [0.05, 0.1) is 22.0 Å². The summed E-state index contributed by atoms with van der Waals surface area (Å²) in [6, 6.07) is 62.6. The van der Waals surface area contributed by atoms with Gasteiger partial charge < -0.3 is 13.4 Å². The third kappa shape index (κ3) is 4.87. The molecule has 4 aromatic heterocycles. The first-order chi connectivity index (χ1) is 28.3. The van der Waals surface area contributed by atoms with Gasteiger partial charge in [-0.3, -0.25) is 0 Å². The molecule has 0 amide bonds. The second kappa shape index (κ2) is 12.3. The number of para-hydroxylation sites is 4. The van der Waals surface area contributed by atoms with Crippen molar-refractivity contribution in [2.75, 3.05) is 0 Å². The summed E-state index contributed by atoms with van der Waals surface area (Å²) in [5.74, 6) is 1.77. The van der Waals surface area contributed by atoms with E-state index < -0.39 is 0 Å². The summed E-state index contributed by atoms with van der Waals surface area (Å²) >= 11 is 0. The fourth-order valence-corrected chi connectivity index (χ4v) is 8.48. The highest BCUT2D eigenvalue weighted by Crippen LogP contribution is 2.44. The van der Waals surface area contributed by atoms with Gasteiger partial charge >= 0.3 is 0 Å². The normalized spacial score (nSPS) is 11.9. The van der Waals surface area contributed by atoms with E-state index in [1.54, 1.807) is 0 Å². The van der Waals surface area contributed by atoms with Gasteiger partial charge in [-0.1, -0.05) is 133 Å². The maximum Gasteiger partial charge on any atom is 0.167 e. The largest absolute Gasteiger partial charge is 0.456 e. The molecule has 0 saturated heterocycles. The second-order valence-corrected chi connectivity index (χ2v) is 14.3. The highest BCUT2D eigenvalue weighted by molar-refractivity contribution is 6.25. The van der Waals surface area contributed by atoms with E-state index >= 15 is 0 Å². The van der Waals surface area contributed by atoms with Crippen molar-refractivity contribution < 1.29 is 8.83 Å². The third-order valence-corrected chi connectivity index (χ3v) is 11.1. The Hall–Kier alpha value is -7.83. The van der Waals surface area contributed by atoms with Crippen LogP contribution in [0.3, 0.4) is 0 Å². The van der Waals surface area contributed by atoms with Gasteiger partial charge in [0, 0.05) is 49.3 Å². The number of aromatic nitrogens is 4. The van der Waals surface area contributed by atoms with Gasteiger partial charge in [0.2, 0.25) is 0 Å². The molecule has 0 spiro atoms. The Morgan fingerprint density at radius 2 is 0.965 bits per heavy atom. The van der Waals surface area contributed by atoms with Crippen LogP contribution in [0.5, 0.6) is 0 Å². The van der Waals surface area contributed by atoms with E-state index in [-0.39, 0.29) is 0 Å². The number of hydrogen-bond acceptors (Lipinski definition) is 5. The van der Waals surface area contributed by atoms with Gasteiger partial charge in [-0.25, -0.2) is 15.0 Å². The van der Waals surface area contributed by atoms with Gasteiger partial charge in [0.15, 0.2) is 17.5 Å². The molecule has 12 aromatic rings. The van der Waals surface area contributed by atoms with Gasteiger partial charge in [0.25, 0.3) is 0 Å². The molecular weight excluding hydrogens is 701 g/mol. The molecule has 57 heavy (non-hydrogen) atoms. The molecular formula is C51H30N4O2. The van der Waals surface area contributed by atoms with E-state index in [1.165, 1.54) is 0 Å². The molecule has 0 aliphatic rings. The summed E-state index contributed by atoms with van der Waals surface area (Å²) in [5, 5.41) is 6.56. The van der Waals surface area contributed by atoms with E-state index in [9.17, 15) is 0 Å². The zero-order chi connectivity index (χ0) is 37.5. The maximum absolute atomic E-state index is 6.97. The standard InChI is InChI=1S/C51H30N4O2/c1-4-14-31(15-5-1)49-52-50(32-16-6-2-7-17-32)54-51(53-49)40-24-13-23-38-37-22-12-21-35(47(37)57-48(38)40)33-26-28-42-41(30-33)36-27-29-44-45(39-20-10-11-25-43(39)56-44)46(36)55(42)34-18-8-3-9-19-34/h1-30H. The molecule has 6 heteroatoms. The van der Waals surface area contributed by atoms with E-state index in [0.717, 1.165) is 99.2 Å². The third-order valence-electron chi connectivity index (χ3n) is 11.1. The predicted molar refractivity (Wildman–Crippen MR) is 230 cm³/mol. The van der Waals surface area contributed by atoms with Crippen molar-refractivity contribution in [3.63, 3.8) is 0 Å². The second-order valence-electron chi connectivity index (χ2n) is 14.3. The molecule has 0 unspecified atom stereocenters. The Morgan fingerprint density at radius 1 is 0.368 bits per heavy atom. The maximum atomic E-state index is 6.97. The first kappa shape index (κ1) is 31.5. The lowest BCUT2D eigenvalue weighted by Gasteiger charge is -2.09. The zero-order valence-electron chi connectivity index (χ0n) is 30.4. The lowest BCUT2D eigenvalue weighted by atomic mass is 9.99. The molecule has 0 atom stereocenters. The molecule has 8 aromatic carbocycles. The van der Waals surface area contributed by atoms with Crippen LogP contribution in [-0.4, -0.2) is 19.5 Å². The van der Waals surface area contributed by atoms with Crippen molar-refractivity contribution in [2.24, 2.45) is 0 Å². The number of hydrogen-bond donors (Lipinski definition) is 0. The van der Waals surface area contributed by atoms with Crippen LogP contribution in [0.4, 0.5) is 0 Å². The molecule has 12 rings (SSSR count). The fraction of sp³-hybridized carbons (Fsp3) is 0. The number of benzene rings is 8. The minimum atomic E-state index is 0.558. The molecule has 0 aliphatic carbocycles. The van der Waals surface area contributed by atoms with Crippen LogP contribution in [0.2, 0.25) is 0 Å². The molecule has 0 aliphatic heterocycles. The molecule has 0 fully saturated rings. The summed E-state index contributed by atoms with van der Waals surface area (Å²) in [4.78, 5) is 15.0. The van der Waals surface area contributed by atoms with Crippen molar-refractivity contribution in [1.82, 2.24) is 19.5 Å². The van der Waals surface area contributed by atoms with Crippen molar-refractivity contribution >= 4 is 65.7 Å². The molecule has 0 bridgehead atoms. The average molecular weight is 731 g/mol. The Balaban J connectivity index is 1.08. The van der Waals surface area contributed by atoms with E-state index in [0.29, 0.717) is 17.5 Å². The molecule has 266 valence electrons. The summed E-state index contributed by atoms with van der Waals surface area (Å²) in [7, 11) is 0. The minimum absolute atomic E-state index is 0.558. The van der Waals surface area contributed by atoms with Gasteiger partial charge in [0.1, 0.15) is 22.3 Å².